The molecule has 0 aliphatic carbocycles. The van der Waals surface area contributed by atoms with E-state index < -0.39 is 9.84 Å². The maximum atomic E-state index is 11.7. The molecule has 0 bridgehead atoms. The number of nitrogens with two attached hydrogens (primary N) is 1. The highest BCUT2D eigenvalue weighted by Crippen LogP contribution is 2.42. The number of aromatic nitrogens is 2. The van der Waals surface area contributed by atoms with E-state index in [2.05, 4.69) is 9.97 Å². The fraction of sp³-hybridized carbons (Fsp3) is 0.200. The van der Waals surface area contributed by atoms with Gasteiger partial charge in [0.2, 0.25) is 11.7 Å². The zero-order valence-electron chi connectivity index (χ0n) is 16.5. The Labute approximate surface area is 169 Å². The summed E-state index contributed by atoms with van der Waals surface area (Å²) in [5, 5.41) is 0. The van der Waals surface area contributed by atoms with Crippen LogP contribution in [0.4, 0.5) is 5.95 Å². The van der Waals surface area contributed by atoms with Gasteiger partial charge in [-0.25, -0.2) is 18.4 Å². The predicted molar refractivity (Wildman–Crippen MR) is 110 cm³/mol. The number of ether oxygens (including phenoxy) is 3. The van der Waals surface area contributed by atoms with Gasteiger partial charge in [-0.2, -0.15) is 0 Å². The summed E-state index contributed by atoms with van der Waals surface area (Å²) >= 11 is 0. The molecule has 1 heterocycles. The molecular formula is C20H21N3O5S. The van der Waals surface area contributed by atoms with Gasteiger partial charge in [0.15, 0.2) is 21.3 Å². The predicted octanol–water partition coefficient (Wildman–Crippen LogP) is 2.82. The van der Waals surface area contributed by atoms with Gasteiger partial charge in [0.25, 0.3) is 0 Å². The van der Waals surface area contributed by atoms with Gasteiger partial charge in [-0.3, -0.25) is 0 Å². The summed E-state index contributed by atoms with van der Waals surface area (Å²) in [4.78, 5) is 8.72. The summed E-state index contributed by atoms with van der Waals surface area (Å²) in [5.74, 6) is 1.50. The Kier molecular flexibility index (Phi) is 5.60. The fourth-order valence-electron chi connectivity index (χ4n) is 2.93. The fourth-order valence-corrected chi connectivity index (χ4v) is 3.56. The second-order valence-corrected chi connectivity index (χ2v) is 8.22. The Morgan fingerprint density at radius 2 is 1.48 bits per heavy atom. The van der Waals surface area contributed by atoms with Crippen LogP contribution < -0.4 is 19.9 Å². The number of sulfone groups is 1. The van der Waals surface area contributed by atoms with Gasteiger partial charge in [-0.05, 0) is 29.8 Å². The molecule has 3 aromatic rings. The van der Waals surface area contributed by atoms with Crippen LogP contribution in [0, 0.1) is 0 Å². The van der Waals surface area contributed by atoms with E-state index in [0.29, 0.717) is 34.1 Å². The van der Waals surface area contributed by atoms with Crippen molar-refractivity contribution in [1.82, 2.24) is 9.97 Å². The molecular weight excluding hydrogens is 394 g/mol. The maximum Gasteiger partial charge on any atom is 0.220 e. The highest BCUT2D eigenvalue weighted by Gasteiger charge is 2.18. The van der Waals surface area contributed by atoms with E-state index in [1.165, 1.54) is 21.3 Å². The first-order valence-corrected chi connectivity index (χ1v) is 10.4. The first-order valence-electron chi connectivity index (χ1n) is 8.52. The third-order valence-electron chi connectivity index (χ3n) is 4.34. The minimum Gasteiger partial charge on any atom is -0.493 e. The van der Waals surface area contributed by atoms with Crippen molar-refractivity contribution in [3.8, 4) is 39.6 Å². The van der Waals surface area contributed by atoms with Crippen LogP contribution >= 0.6 is 0 Å². The third-order valence-corrected chi connectivity index (χ3v) is 5.47. The Morgan fingerprint density at radius 3 is 1.97 bits per heavy atom. The molecule has 9 heteroatoms. The number of benzene rings is 2. The Hall–Kier alpha value is -3.33. The molecule has 8 nitrogen and oxygen atoms in total. The molecule has 0 aliphatic heterocycles. The number of nitrogen functional groups attached to an aromatic ring is 1. The summed E-state index contributed by atoms with van der Waals surface area (Å²) < 4.78 is 39.7. The number of rotatable bonds is 6. The first-order chi connectivity index (χ1) is 13.8. The van der Waals surface area contributed by atoms with E-state index in [9.17, 15) is 8.42 Å². The van der Waals surface area contributed by atoms with Crippen LogP contribution in [-0.2, 0) is 9.84 Å². The summed E-state index contributed by atoms with van der Waals surface area (Å²) in [6.45, 7) is 0. The molecule has 29 heavy (non-hydrogen) atoms. The van der Waals surface area contributed by atoms with Gasteiger partial charge in [-0.15, -0.1) is 0 Å². The van der Waals surface area contributed by atoms with Crippen molar-refractivity contribution in [2.75, 3.05) is 33.3 Å². The van der Waals surface area contributed by atoms with E-state index in [-0.39, 0.29) is 10.8 Å². The lowest BCUT2D eigenvalue weighted by molar-refractivity contribution is 0.324. The molecule has 0 saturated carbocycles. The van der Waals surface area contributed by atoms with Crippen molar-refractivity contribution < 1.29 is 22.6 Å². The van der Waals surface area contributed by atoms with Crippen LogP contribution in [0.25, 0.3) is 22.4 Å². The smallest absolute Gasteiger partial charge is 0.220 e. The Bertz CT molecular complexity index is 1120. The van der Waals surface area contributed by atoms with Crippen molar-refractivity contribution in [2.24, 2.45) is 0 Å². The van der Waals surface area contributed by atoms with E-state index in [1.807, 2.05) is 0 Å². The molecule has 0 fully saturated rings. The lowest BCUT2D eigenvalue weighted by Gasteiger charge is -2.15. The van der Waals surface area contributed by atoms with Crippen LogP contribution in [-0.4, -0.2) is 46.0 Å². The molecule has 2 aromatic carbocycles. The lowest BCUT2D eigenvalue weighted by atomic mass is 10.00. The second kappa shape index (κ2) is 7.96. The minimum atomic E-state index is -3.29. The average molecular weight is 415 g/mol. The monoisotopic (exact) mass is 415 g/mol. The molecule has 0 saturated heterocycles. The van der Waals surface area contributed by atoms with E-state index in [0.717, 1.165) is 11.8 Å². The van der Waals surface area contributed by atoms with Crippen molar-refractivity contribution in [1.29, 1.82) is 0 Å². The van der Waals surface area contributed by atoms with Crippen LogP contribution in [0.2, 0.25) is 0 Å². The van der Waals surface area contributed by atoms with Gasteiger partial charge in [-0.1, -0.05) is 12.1 Å². The van der Waals surface area contributed by atoms with E-state index in [1.54, 1.807) is 42.6 Å². The van der Waals surface area contributed by atoms with Crippen LogP contribution in [0.5, 0.6) is 17.2 Å². The molecule has 152 valence electrons. The first kappa shape index (κ1) is 20.4. The normalized spacial score (nSPS) is 11.2. The SMILES string of the molecule is COc1cc(-c2nc(N)ncc2-c2ccc(S(C)(=O)=O)cc2)cc(OC)c1OC. The van der Waals surface area contributed by atoms with Crippen molar-refractivity contribution >= 4 is 15.8 Å². The molecule has 2 N–H and O–H groups in total. The molecule has 0 radical (unpaired) electrons. The standard InChI is InChI=1S/C20H21N3O5S/c1-26-16-9-13(10-17(27-2)19(16)28-3)18-15(11-22-20(21)23-18)12-5-7-14(8-6-12)29(4,24)25/h5-11H,1-4H3,(H2,21,22,23). The molecule has 0 spiro atoms. The van der Waals surface area contributed by atoms with Crippen molar-refractivity contribution in [3.63, 3.8) is 0 Å². The van der Waals surface area contributed by atoms with E-state index >= 15 is 0 Å². The average Bonchev–Trinajstić information content (AvgIpc) is 2.72. The zero-order chi connectivity index (χ0) is 21.2. The molecule has 0 amide bonds. The number of anilines is 1. The number of hydrogen-bond acceptors (Lipinski definition) is 8. The van der Waals surface area contributed by atoms with Gasteiger partial charge >= 0.3 is 0 Å². The largest absolute Gasteiger partial charge is 0.493 e. The molecule has 1 aromatic heterocycles. The Morgan fingerprint density at radius 1 is 0.897 bits per heavy atom. The third kappa shape index (κ3) is 4.09. The zero-order valence-corrected chi connectivity index (χ0v) is 17.3. The van der Waals surface area contributed by atoms with Crippen molar-refractivity contribution in [2.45, 2.75) is 4.90 Å². The topological polar surface area (TPSA) is 114 Å². The molecule has 3 rings (SSSR count). The highest BCUT2D eigenvalue weighted by molar-refractivity contribution is 7.90. The highest BCUT2D eigenvalue weighted by atomic mass is 32.2. The molecule has 0 atom stereocenters. The summed E-state index contributed by atoms with van der Waals surface area (Å²) in [6, 6.07) is 10.0. The summed E-state index contributed by atoms with van der Waals surface area (Å²) in [7, 11) is 1.29. The Balaban J connectivity index is 2.21. The van der Waals surface area contributed by atoms with Crippen LogP contribution in [0.15, 0.2) is 47.5 Å². The quantitative estimate of drug-likeness (QED) is 0.654. The minimum absolute atomic E-state index is 0.102. The number of nitrogens with zero attached hydrogens (tertiary/aromatic N) is 2. The van der Waals surface area contributed by atoms with Gasteiger partial charge in [0.05, 0.1) is 31.9 Å². The summed E-state index contributed by atoms with van der Waals surface area (Å²) in [5.41, 5.74) is 8.47. The van der Waals surface area contributed by atoms with Gasteiger partial charge in [0.1, 0.15) is 0 Å². The second-order valence-electron chi connectivity index (χ2n) is 6.20. The van der Waals surface area contributed by atoms with Gasteiger partial charge in [0, 0.05) is 23.6 Å². The number of methoxy groups -OCH3 is 3. The lowest BCUT2D eigenvalue weighted by Crippen LogP contribution is -2.01. The summed E-state index contributed by atoms with van der Waals surface area (Å²) in [6.07, 6.45) is 2.76. The van der Waals surface area contributed by atoms with Crippen molar-refractivity contribution in [3.05, 3.63) is 42.6 Å². The number of hydrogen-bond donors (Lipinski definition) is 1. The molecule has 0 unspecified atom stereocenters. The van der Waals surface area contributed by atoms with E-state index in [4.69, 9.17) is 19.9 Å². The van der Waals surface area contributed by atoms with Gasteiger partial charge < -0.3 is 19.9 Å². The maximum absolute atomic E-state index is 11.7. The molecule has 0 aliphatic rings. The van der Waals surface area contributed by atoms with Crippen LogP contribution in [0.1, 0.15) is 0 Å². The van der Waals surface area contributed by atoms with Crippen LogP contribution in [0.3, 0.4) is 0 Å².